The number of halogens is 1. The van der Waals surface area contributed by atoms with Gasteiger partial charge in [0.05, 0.1) is 0 Å². The lowest BCUT2D eigenvalue weighted by Crippen LogP contribution is -2.23. The third-order valence-corrected chi connectivity index (χ3v) is 3.18. The highest BCUT2D eigenvalue weighted by Gasteiger charge is 2.32. The monoisotopic (exact) mass is 285 g/mol. The number of aromatic nitrogens is 3. The number of aliphatic hydroxyl groups is 1. The van der Waals surface area contributed by atoms with Gasteiger partial charge in [-0.2, -0.15) is 0 Å². The van der Waals surface area contributed by atoms with Crippen LogP contribution in [0.2, 0.25) is 0 Å². The van der Waals surface area contributed by atoms with E-state index in [1.807, 2.05) is 0 Å². The molecule has 5 nitrogen and oxygen atoms in total. The molecule has 2 aromatic heterocycles. The minimum atomic E-state index is -1.42. The maximum Gasteiger partial charge on any atom is 0.252 e. The summed E-state index contributed by atoms with van der Waals surface area (Å²) in [5, 5.41) is 18.4. The highest BCUT2D eigenvalue weighted by atomic mass is 19.1. The van der Waals surface area contributed by atoms with Gasteiger partial charge in [0.1, 0.15) is 5.82 Å². The van der Waals surface area contributed by atoms with Crippen LogP contribution in [-0.2, 0) is 5.60 Å². The lowest BCUT2D eigenvalue weighted by Gasteiger charge is -2.18. The number of hydrogen-bond donors (Lipinski definition) is 1. The number of pyridine rings is 1. The molecule has 3 rings (SSSR count). The fourth-order valence-corrected chi connectivity index (χ4v) is 1.93. The van der Waals surface area contributed by atoms with Crippen LogP contribution >= 0.6 is 0 Å². The highest BCUT2D eigenvalue weighted by molar-refractivity contribution is 5.52. The second kappa shape index (κ2) is 5.06. The zero-order chi connectivity index (χ0) is 14.9. The number of hydrogen-bond acceptors (Lipinski definition) is 5. The molecule has 1 N–H and O–H groups in total. The van der Waals surface area contributed by atoms with E-state index in [0.717, 1.165) is 0 Å². The predicted octanol–water partition coefficient (Wildman–Crippen LogP) is 2.53. The molecule has 0 saturated carbocycles. The molecule has 21 heavy (non-hydrogen) atoms. The molecule has 0 bridgehead atoms. The Morgan fingerprint density at radius 2 is 1.71 bits per heavy atom. The SMILES string of the molecule is CC(O)(c1ccncc1)c1nnc(-c2ccc(F)cc2)o1. The molecule has 0 fully saturated rings. The summed E-state index contributed by atoms with van der Waals surface area (Å²) in [6.07, 6.45) is 3.14. The van der Waals surface area contributed by atoms with Crippen molar-refractivity contribution >= 4 is 0 Å². The van der Waals surface area contributed by atoms with Crippen LogP contribution in [0.15, 0.2) is 53.2 Å². The molecule has 106 valence electrons. The summed E-state index contributed by atoms with van der Waals surface area (Å²) < 4.78 is 18.4. The molecule has 2 heterocycles. The van der Waals surface area contributed by atoms with Crippen molar-refractivity contribution in [2.24, 2.45) is 0 Å². The van der Waals surface area contributed by atoms with E-state index in [-0.39, 0.29) is 17.6 Å². The van der Waals surface area contributed by atoms with E-state index in [0.29, 0.717) is 11.1 Å². The molecule has 0 spiro atoms. The van der Waals surface area contributed by atoms with Crippen molar-refractivity contribution in [1.29, 1.82) is 0 Å². The van der Waals surface area contributed by atoms with Crippen LogP contribution in [0.5, 0.6) is 0 Å². The Hall–Kier alpha value is -2.60. The van der Waals surface area contributed by atoms with E-state index in [4.69, 9.17) is 4.42 Å². The second-order valence-corrected chi connectivity index (χ2v) is 4.73. The summed E-state index contributed by atoms with van der Waals surface area (Å²) in [6.45, 7) is 1.56. The van der Waals surface area contributed by atoms with Gasteiger partial charge in [-0.25, -0.2) is 4.39 Å². The lowest BCUT2D eigenvalue weighted by atomic mass is 9.97. The first-order chi connectivity index (χ1) is 10.1. The summed E-state index contributed by atoms with van der Waals surface area (Å²) in [7, 11) is 0. The Morgan fingerprint density at radius 3 is 2.38 bits per heavy atom. The summed E-state index contributed by atoms with van der Waals surface area (Å²) in [6, 6.07) is 9.02. The van der Waals surface area contributed by atoms with E-state index in [1.165, 1.54) is 24.3 Å². The zero-order valence-corrected chi connectivity index (χ0v) is 11.2. The molecule has 0 radical (unpaired) electrons. The Morgan fingerprint density at radius 1 is 1.05 bits per heavy atom. The Labute approximate surface area is 120 Å². The first-order valence-electron chi connectivity index (χ1n) is 6.30. The van der Waals surface area contributed by atoms with Gasteiger partial charge >= 0.3 is 0 Å². The smallest absolute Gasteiger partial charge is 0.252 e. The molecule has 0 aliphatic rings. The third-order valence-electron chi connectivity index (χ3n) is 3.18. The molecule has 6 heteroatoms. The van der Waals surface area contributed by atoms with E-state index in [2.05, 4.69) is 15.2 Å². The molecular weight excluding hydrogens is 273 g/mol. The van der Waals surface area contributed by atoms with Gasteiger partial charge in [0.2, 0.25) is 5.89 Å². The Balaban J connectivity index is 1.96. The Bertz CT molecular complexity index is 739. The summed E-state index contributed by atoms with van der Waals surface area (Å²) >= 11 is 0. The first-order valence-corrected chi connectivity index (χ1v) is 6.30. The van der Waals surface area contributed by atoms with Crippen LogP contribution < -0.4 is 0 Å². The zero-order valence-electron chi connectivity index (χ0n) is 11.2. The van der Waals surface area contributed by atoms with Crippen LogP contribution in [0, 0.1) is 5.82 Å². The minimum Gasteiger partial charge on any atom is -0.417 e. The molecule has 0 aliphatic heterocycles. The number of rotatable bonds is 3. The van der Waals surface area contributed by atoms with Gasteiger partial charge < -0.3 is 9.52 Å². The van der Waals surface area contributed by atoms with E-state index < -0.39 is 5.60 Å². The summed E-state index contributed by atoms with van der Waals surface area (Å²) in [4.78, 5) is 3.90. The molecule has 0 amide bonds. The predicted molar refractivity (Wildman–Crippen MR) is 72.6 cm³/mol. The maximum absolute atomic E-state index is 12.9. The topological polar surface area (TPSA) is 72.0 Å². The average molecular weight is 285 g/mol. The molecule has 3 aromatic rings. The number of benzene rings is 1. The van der Waals surface area contributed by atoms with Gasteiger partial charge in [-0.1, -0.05) is 0 Å². The van der Waals surface area contributed by atoms with Crippen molar-refractivity contribution in [2.75, 3.05) is 0 Å². The minimum absolute atomic E-state index is 0.0630. The molecule has 1 atom stereocenters. The summed E-state index contributed by atoms with van der Waals surface area (Å²) in [5.74, 6) is -0.0605. The van der Waals surface area contributed by atoms with Gasteiger partial charge in [-0.15, -0.1) is 10.2 Å². The van der Waals surface area contributed by atoms with Crippen LogP contribution in [0.1, 0.15) is 18.4 Å². The maximum atomic E-state index is 12.9. The van der Waals surface area contributed by atoms with Crippen molar-refractivity contribution < 1.29 is 13.9 Å². The van der Waals surface area contributed by atoms with Gasteiger partial charge in [-0.05, 0) is 48.9 Å². The fraction of sp³-hybridized carbons (Fsp3) is 0.133. The fourth-order valence-electron chi connectivity index (χ4n) is 1.93. The van der Waals surface area contributed by atoms with Gasteiger partial charge in [0.15, 0.2) is 5.60 Å². The largest absolute Gasteiger partial charge is 0.417 e. The average Bonchev–Trinajstić information content (AvgIpc) is 2.99. The molecule has 0 aliphatic carbocycles. The van der Waals surface area contributed by atoms with Crippen LogP contribution in [0.3, 0.4) is 0 Å². The van der Waals surface area contributed by atoms with Crippen LogP contribution in [-0.4, -0.2) is 20.3 Å². The number of nitrogens with zero attached hydrogens (tertiary/aromatic N) is 3. The standard InChI is InChI=1S/C15H12FN3O2/c1-15(20,11-6-8-17-9-7-11)14-19-18-13(21-14)10-2-4-12(16)5-3-10/h2-9,20H,1H3. The van der Waals surface area contributed by atoms with Crippen molar-refractivity contribution in [3.05, 3.63) is 66.1 Å². The molecule has 1 aromatic carbocycles. The quantitative estimate of drug-likeness (QED) is 0.800. The van der Waals surface area contributed by atoms with Crippen molar-refractivity contribution in [3.8, 4) is 11.5 Å². The normalized spacial score (nSPS) is 13.9. The van der Waals surface area contributed by atoms with Gasteiger partial charge in [0, 0.05) is 18.0 Å². The second-order valence-electron chi connectivity index (χ2n) is 4.73. The first kappa shape index (κ1) is 13.4. The van der Waals surface area contributed by atoms with Crippen LogP contribution in [0.4, 0.5) is 4.39 Å². The Kier molecular flexibility index (Phi) is 3.23. The van der Waals surface area contributed by atoms with E-state index in [9.17, 15) is 9.50 Å². The van der Waals surface area contributed by atoms with Crippen molar-refractivity contribution in [1.82, 2.24) is 15.2 Å². The van der Waals surface area contributed by atoms with E-state index in [1.54, 1.807) is 31.5 Å². The molecule has 0 saturated heterocycles. The van der Waals surface area contributed by atoms with Crippen molar-refractivity contribution in [3.63, 3.8) is 0 Å². The van der Waals surface area contributed by atoms with Gasteiger partial charge in [-0.3, -0.25) is 4.98 Å². The van der Waals surface area contributed by atoms with Crippen molar-refractivity contribution in [2.45, 2.75) is 12.5 Å². The van der Waals surface area contributed by atoms with Crippen LogP contribution in [0.25, 0.3) is 11.5 Å². The third kappa shape index (κ3) is 2.53. The van der Waals surface area contributed by atoms with Gasteiger partial charge in [0.25, 0.3) is 5.89 Å². The lowest BCUT2D eigenvalue weighted by molar-refractivity contribution is 0.0712. The van der Waals surface area contributed by atoms with E-state index >= 15 is 0 Å². The molecule has 1 unspecified atom stereocenters. The molecular formula is C15H12FN3O2. The highest BCUT2D eigenvalue weighted by Crippen LogP contribution is 2.29. The summed E-state index contributed by atoms with van der Waals surface area (Å²) in [5.41, 5.74) is -0.249.